The van der Waals surface area contributed by atoms with E-state index in [1.807, 2.05) is 24.5 Å². The number of pyridine rings is 1. The van der Waals surface area contributed by atoms with Gasteiger partial charge in [-0.2, -0.15) is 0 Å². The van der Waals surface area contributed by atoms with E-state index in [2.05, 4.69) is 46.1 Å². The molecule has 1 unspecified atom stereocenters. The lowest BCUT2D eigenvalue weighted by atomic mass is 9.80. The molecule has 5 nitrogen and oxygen atoms in total. The highest BCUT2D eigenvalue weighted by molar-refractivity contribution is 5.85. The zero-order valence-corrected chi connectivity index (χ0v) is 18.6. The molecule has 2 aliphatic heterocycles. The summed E-state index contributed by atoms with van der Waals surface area (Å²) >= 11 is 0. The molecule has 1 aromatic carbocycles. The van der Waals surface area contributed by atoms with E-state index in [0.29, 0.717) is 6.61 Å². The molecule has 0 N–H and O–H groups in total. The van der Waals surface area contributed by atoms with Crippen LogP contribution < -0.4 is 0 Å². The molecule has 7 heteroatoms. The monoisotopic (exact) mass is 444 g/mol. The highest BCUT2D eigenvalue weighted by Crippen LogP contribution is 2.40. The van der Waals surface area contributed by atoms with E-state index in [9.17, 15) is 0 Å². The molecule has 4 heterocycles. The van der Waals surface area contributed by atoms with Gasteiger partial charge in [-0.25, -0.2) is 9.97 Å². The van der Waals surface area contributed by atoms with Crippen molar-refractivity contribution in [3.05, 3.63) is 77.4 Å². The molecule has 2 aliphatic rings. The van der Waals surface area contributed by atoms with E-state index in [0.717, 1.165) is 49.6 Å². The van der Waals surface area contributed by atoms with E-state index in [1.54, 1.807) is 6.20 Å². The van der Waals surface area contributed by atoms with Gasteiger partial charge in [0.15, 0.2) is 5.82 Å². The quantitative estimate of drug-likeness (QED) is 0.600. The molecule has 30 heavy (non-hydrogen) atoms. The van der Waals surface area contributed by atoms with E-state index in [1.165, 1.54) is 16.8 Å². The van der Waals surface area contributed by atoms with Gasteiger partial charge < -0.3 is 4.74 Å². The fourth-order valence-corrected chi connectivity index (χ4v) is 4.39. The van der Waals surface area contributed by atoms with Gasteiger partial charge >= 0.3 is 0 Å². The van der Waals surface area contributed by atoms with E-state index in [4.69, 9.17) is 9.72 Å². The van der Waals surface area contributed by atoms with Crippen molar-refractivity contribution < 1.29 is 4.74 Å². The summed E-state index contributed by atoms with van der Waals surface area (Å²) < 4.78 is 5.97. The number of fused-ring (bicyclic) bond motifs is 2. The fraction of sp³-hybridized carbons (Fsp3) is 0.348. The largest absolute Gasteiger partial charge is 0.376 e. The van der Waals surface area contributed by atoms with Gasteiger partial charge in [-0.1, -0.05) is 29.8 Å². The fourth-order valence-electron chi connectivity index (χ4n) is 4.39. The molecule has 0 amide bonds. The molecular weight excluding hydrogens is 419 g/mol. The predicted molar refractivity (Wildman–Crippen MR) is 122 cm³/mol. The summed E-state index contributed by atoms with van der Waals surface area (Å²) in [6.45, 7) is 6.46. The number of aromatic nitrogens is 3. The second-order valence-electron chi connectivity index (χ2n) is 8.03. The summed E-state index contributed by atoms with van der Waals surface area (Å²) in [5, 5.41) is 0. The molecule has 2 aromatic heterocycles. The van der Waals surface area contributed by atoms with Crippen LogP contribution in [0.2, 0.25) is 0 Å². The molecule has 1 fully saturated rings. The van der Waals surface area contributed by atoms with Crippen LogP contribution in [0.4, 0.5) is 0 Å². The Balaban J connectivity index is 0.00000128. The lowest BCUT2D eigenvalue weighted by molar-refractivity contribution is 0.0503. The van der Waals surface area contributed by atoms with Crippen molar-refractivity contribution in [2.45, 2.75) is 31.9 Å². The maximum absolute atomic E-state index is 5.97. The predicted octanol–water partition coefficient (Wildman–Crippen LogP) is 4.36. The van der Waals surface area contributed by atoms with Crippen molar-refractivity contribution in [1.29, 1.82) is 0 Å². The number of aryl methyl sites for hydroxylation is 1. The van der Waals surface area contributed by atoms with Crippen molar-refractivity contribution >= 4 is 24.8 Å². The minimum absolute atomic E-state index is 0. The van der Waals surface area contributed by atoms with Crippen LogP contribution in [0.3, 0.4) is 0 Å². The van der Waals surface area contributed by atoms with Gasteiger partial charge in [0.1, 0.15) is 0 Å². The minimum atomic E-state index is -0.0435. The Labute approximate surface area is 189 Å². The maximum Gasteiger partial charge on any atom is 0.160 e. The molecule has 3 aromatic rings. The van der Waals surface area contributed by atoms with Crippen LogP contribution in [0, 0.1) is 6.92 Å². The number of benzene rings is 1. The van der Waals surface area contributed by atoms with Gasteiger partial charge in [0.25, 0.3) is 0 Å². The summed E-state index contributed by atoms with van der Waals surface area (Å²) in [5.74, 6) is 0.755. The molecule has 0 saturated carbocycles. The Morgan fingerprint density at radius 3 is 2.70 bits per heavy atom. The number of likely N-dealkylation sites (tertiary alicyclic amines) is 1. The average molecular weight is 445 g/mol. The van der Waals surface area contributed by atoms with Crippen molar-refractivity contribution in [3.8, 4) is 11.4 Å². The first-order chi connectivity index (χ1) is 13.7. The van der Waals surface area contributed by atoms with Gasteiger partial charge in [-0.3, -0.25) is 9.88 Å². The second-order valence-corrected chi connectivity index (χ2v) is 8.03. The highest BCUT2D eigenvalue weighted by atomic mass is 35.5. The van der Waals surface area contributed by atoms with Gasteiger partial charge in [-0.15, -0.1) is 24.8 Å². The summed E-state index contributed by atoms with van der Waals surface area (Å²) in [6.07, 6.45) is 6.60. The van der Waals surface area contributed by atoms with Gasteiger partial charge in [0, 0.05) is 42.8 Å². The van der Waals surface area contributed by atoms with Crippen LogP contribution in [0.15, 0.2) is 55.0 Å². The first-order valence-corrected chi connectivity index (χ1v) is 9.84. The first-order valence-electron chi connectivity index (χ1n) is 9.84. The van der Waals surface area contributed by atoms with E-state index < -0.39 is 0 Å². The number of nitrogens with zero attached hydrogens (tertiary/aromatic N) is 4. The van der Waals surface area contributed by atoms with Crippen molar-refractivity contribution in [2.24, 2.45) is 0 Å². The summed E-state index contributed by atoms with van der Waals surface area (Å²) in [6, 6.07) is 12.8. The number of halogens is 2. The molecule has 0 aliphatic carbocycles. The summed E-state index contributed by atoms with van der Waals surface area (Å²) in [4.78, 5) is 16.3. The van der Waals surface area contributed by atoms with Crippen LogP contribution in [-0.4, -0.2) is 39.5 Å². The lowest BCUT2D eigenvalue weighted by Gasteiger charge is -2.34. The third kappa shape index (κ3) is 4.35. The van der Waals surface area contributed by atoms with Crippen LogP contribution in [-0.2, 0) is 23.3 Å². The topological polar surface area (TPSA) is 51.1 Å². The molecule has 0 radical (unpaired) electrons. The first kappa shape index (κ1) is 22.6. The van der Waals surface area contributed by atoms with Crippen molar-refractivity contribution in [2.75, 3.05) is 19.7 Å². The molecule has 1 saturated heterocycles. The molecule has 1 spiro atoms. The number of hydrogen-bond donors (Lipinski definition) is 0. The normalized spacial score (nSPS) is 20.3. The Morgan fingerprint density at radius 2 is 1.93 bits per heavy atom. The smallest absolute Gasteiger partial charge is 0.160 e. The lowest BCUT2D eigenvalue weighted by Crippen LogP contribution is -2.40. The van der Waals surface area contributed by atoms with Gasteiger partial charge in [-0.05, 0) is 37.6 Å². The van der Waals surface area contributed by atoms with Gasteiger partial charge in [0.2, 0.25) is 0 Å². The third-order valence-electron chi connectivity index (χ3n) is 5.88. The standard InChI is InChI=1S/C23H24N4O.2ClH/c1-17-4-6-18(7-5-17)13-27-10-8-23(15-27)16-28-14-20-12-25-22(26-21(20)23)19-3-2-9-24-11-19;;/h2-7,9,11-12H,8,10,13-16H2,1H3;2*1H. The molecule has 1 atom stereocenters. The van der Waals surface area contributed by atoms with Crippen LogP contribution in [0.5, 0.6) is 0 Å². The second kappa shape index (κ2) is 9.40. The number of ether oxygens (including phenoxy) is 1. The molecule has 158 valence electrons. The van der Waals surface area contributed by atoms with E-state index in [-0.39, 0.29) is 30.2 Å². The molecule has 5 rings (SSSR count). The Bertz CT molecular complexity index is 984. The molecular formula is C23H26Cl2N4O. The van der Waals surface area contributed by atoms with Crippen LogP contribution in [0.1, 0.15) is 28.8 Å². The van der Waals surface area contributed by atoms with Crippen LogP contribution >= 0.6 is 24.8 Å². The Morgan fingerprint density at radius 1 is 1.10 bits per heavy atom. The average Bonchev–Trinajstić information content (AvgIpc) is 3.13. The summed E-state index contributed by atoms with van der Waals surface area (Å²) in [7, 11) is 0. The summed E-state index contributed by atoms with van der Waals surface area (Å²) in [5.41, 5.74) is 5.86. The zero-order chi connectivity index (χ0) is 19.0. The maximum atomic E-state index is 5.97. The Hall–Kier alpha value is -2.05. The van der Waals surface area contributed by atoms with Crippen LogP contribution in [0.25, 0.3) is 11.4 Å². The zero-order valence-electron chi connectivity index (χ0n) is 17.0. The third-order valence-corrected chi connectivity index (χ3v) is 5.88. The number of hydrogen-bond acceptors (Lipinski definition) is 5. The number of rotatable bonds is 3. The molecule has 0 bridgehead atoms. The van der Waals surface area contributed by atoms with E-state index >= 15 is 0 Å². The van der Waals surface area contributed by atoms with Crippen molar-refractivity contribution in [1.82, 2.24) is 19.9 Å². The minimum Gasteiger partial charge on any atom is -0.376 e. The Kier molecular flexibility index (Phi) is 7.09. The van der Waals surface area contributed by atoms with Gasteiger partial charge in [0.05, 0.1) is 24.3 Å². The highest BCUT2D eigenvalue weighted by Gasteiger charge is 2.44. The SMILES string of the molecule is Cc1ccc(CN2CCC3(COCc4cnc(-c5cccnc5)nc43)C2)cc1.Cl.Cl. The van der Waals surface area contributed by atoms with Crippen molar-refractivity contribution in [3.63, 3.8) is 0 Å².